The summed E-state index contributed by atoms with van der Waals surface area (Å²) in [5, 5.41) is 0.814. The van der Waals surface area contributed by atoms with Crippen molar-refractivity contribution in [1.29, 1.82) is 0 Å². The first-order valence-corrected chi connectivity index (χ1v) is 21.1. The number of allylic oxidation sites excluding steroid dienone is 5. The van der Waals surface area contributed by atoms with E-state index in [2.05, 4.69) is 91.4 Å². The van der Waals surface area contributed by atoms with Crippen molar-refractivity contribution < 1.29 is 26.4 Å². The van der Waals surface area contributed by atoms with E-state index in [1.807, 2.05) is 45.0 Å². The molecule has 0 spiro atoms. The Morgan fingerprint density at radius 2 is 0.860 bits per heavy atom. The van der Waals surface area contributed by atoms with Gasteiger partial charge in [0.15, 0.2) is 0 Å². The Kier molecular flexibility index (Phi) is 14.0. The standard InChI is InChI=1S/C30H31BF3O3Si.C19H15/c1-4-35-38(36-5-2,37-6-3)30-21-13-26(14-22-30)31(23-7-15-27(32)16-8-23,24-9-17-28(33)18-10-24)25-11-19-29(34)20-12-25;1-4-10-16(11-5-1)19(17-12-6-2-7-13-17)18-14-8-3-9-15-18/h7-22H,4-6H2,1-3H3;1-15H/q-1;+1. The highest BCUT2D eigenvalue weighted by atomic mass is 28.4. The topological polar surface area (TPSA) is 27.7 Å². The normalized spacial score (nSPS) is 12.4. The first kappa shape index (κ1) is 41.0. The summed E-state index contributed by atoms with van der Waals surface area (Å²) in [5.41, 5.74) is 8.33. The van der Waals surface area contributed by atoms with Gasteiger partial charge < -0.3 is 13.3 Å². The molecule has 0 aromatic heterocycles. The fourth-order valence-corrected chi connectivity index (χ4v) is 10.1. The first-order valence-electron chi connectivity index (χ1n) is 19.3. The van der Waals surface area contributed by atoms with Gasteiger partial charge in [-0.3, -0.25) is 0 Å². The third-order valence-electron chi connectivity index (χ3n) is 10.1. The fraction of sp³-hybridized carbons (Fsp3) is 0.122. The highest BCUT2D eigenvalue weighted by Crippen LogP contribution is 2.30. The van der Waals surface area contributed by atoms with Gasteiger partial charge in [0.1, 0.15) is 29.2 Å². The van der Waals surface area contributed by atoms with Gasteiger partial charge in [-0.15, -0.1) is 0 Å². The highest BCUT2D eigenvalue weighted by molar-refractivity contribution is 7.19. The van der Waals surface area contributed by atoms with E-state index < -0.39 is 15.0 Å². The van der Waals surface area contributed by atoms with Gasteiger partial charge in [-0.05, 0) is 81.4 Å². The maximum absolute atomic E-state index is 14.1. The Labute approximate surface area is 336 Å². The largest absolute Gasteiger partial charge is 0.537 e. The van der Waals surface area contributed by atoms with Crippen molar-refractivity contribution in [2.75, 3.05) is 19.8 Å². The lowest BCUT2D eigenvalue weighted by atomic mass is 9.13. The van der Waals surface area contributed by atoms with Gasteiger partial charge in [0, 0.05) is 66.9 Å². The summed E-state index contributed by atoms with van der Waals surface area (Å²) >= 11 is 0. The minimum absolute atomic E-state index is 0.368. The minimum atomic E-state index is -3.16. The van der Waals surface area contributed by atoms with Crippen LogP contribution >= 0.6 is 0 Å². The van der Waals surface area contributed by atoms with Crippen LogP contribution in [0, 0.1) is 23.9 Å². The van der Waals surface area contributed by atoms with Crippen LogP contribution in [-0.2, 0) is 13.3 Å². The van der Waals surface area contributed by atoms with Gasteiger partial charge >= 0.3 is 8.80 Å². The van der Waals surface area contributed by atoms with E-state index in [1.165, 1.54) is 58.7 Å². The average Bonchev–Trinajstić information content (AvgIpc) is 3.25. The molecule has 0 aliphatic heterocycles. The molecule has 0 saturated carbocycles. The van der Waals surface area contributed by atoms with Crippen LogP contribution in [-0.4, -0.2) is 34.8 Å². The van der Waals surface area contributed by atoms with E-state index in [0.29, 0.717) is 19.8 Å². The van der Waals surface area contributed by atoms with Crippen LogP contribution in [0.25, 0.3) is 5.57 Å². The second-order valence-electron chi connectivity index (χ2n) is 13.5. The third-order valence-corrected chi connectivity index (χ3v) is 13.1. The predicted molar refractivity (Wildman–Crippen MR) is 232 cm³/mol. The molecule has 0 fully saturated rings. The highest BCUT2D eigenvalue weighted by Gasteiger charge is 2.43. The van der Waals surface area contributed by atoms with Crippen molar-refractivity contribution in [3.05, 3.63) is 223 Å². The smallest absolute Gasteiger partial charge is 0.370 e. The SMILES string of the molecule is C1=C[CH+]C(=C(c2ccccc2)c2ccccc2)C=C1.CCO[Si](OCC)(OCC)c1ccc([B-](c2ccc(F)cc2)(c2ccc(F)cc2)c2ccc(F)cc2)cc1. The summed E-state index contributed by atoms with van der Waals surface area (Å²) in [7, 11) is -3.16. The number of benzene rings is 6. The van der Waals surface area contributed by atoms with E-state index in [0.717, 1.165) is 27.0 Å². The van der Waals surface area contributed by atoms with E-state index in [9.17, 15) is 13.2 Å². The molecule has 0 saturated heterocycles. The molecule has 288 valence electrons. The maximum Gasteiger partial charge on any atom is 0.537 e. The van der Waals surface area contributed by atoms with E-state index >= 15 is 0 Å². The van der Waals surface area contributed by atoms with Gasteiger partial charge in [0.05, 0.1) is 5.57 Å². The lowest BCUT2D eigenvalue weighted by Gasteiger charge is -2.44. The van der Waals surface area contributed by atoms with Crippen LogP contribution in [0.1, 0.15) is 31.9 Å². The molecule has 0 amide bonds. The zero-order valence-electron chi connectivity index (χ0n) is 32.5. The molecule has 0 heterocycles. The third kappa shape index (κ3) is 9.33. The summed E-state index contributed by atoms with van der Waals surface area (Å²) in [5.74, 6) is -1.10. The molecular formula is C49H46BF3O3Si. The summed E-state index contributed by atoms with van der Waals surface area (Å²) in [4.78, 5) is 0. The van der Waals surface area contributed by atoms with Crippen molar-refractivity contribution in [3.63, 3.8) is 0 Å². The molecule has 6 aromatic rings. The van der Waals surface area contributed by atoms with Crippen molar-refractivity contribution in [3.8, 4) is 0 Å². The minimum Gasteiger partial charge on any atom is -0.370 e. The second kappa shape index (κ2) is 19.5. The monoisotopic (exact) mass is 778 g/mol. The fourth-order valence-electron chi connectivity index (χ4n) is 7.64. The number of rotatable bonds is 13. The van der Waals surface area contributed by atoms with Crippen molar-refractivity contribution in [2.45, 2.75) is 20.8 Å². The predicted octanol–water partition coefficient (Wildman–Crippen LogP) is 8.56. The van der Waals surface area contributed by atoms with Crippen LogP contribution in [0.5, 0.6) is 0 Å². The van der Waals surface area contributed by atoms with Gasteiger partial charge in [0.2, 0.25) is 0 Å². The summed E-state index contributed by atoms with van der Waals surface area (Å²) in [6, 6.07) is 47.8. The summed E-state index contributed by atoms with van der Waals surface area (Å²) < 4.78 is 60.5. The molecule has 1 aliphatic rings. The van der Waals surface area contributed by atoms with E-state index in [-0.39, 0.29) is 17.5 Å². The molecule has 8 heteroatoms. The van der Waals surface area contributed by atoms with Crippen molar-refractivity contribution >= 4 is 47.6 Å². The molecule has 0 bridgehead atoms. The zero-order valence-corrected chi connectivity index (χ0v) is 33.5. The number of hydrogen-bond acceptors (Lipinski definition) is 3. The number of halogens is 3. The Hall–Kier alpha value is -5.64. The molecule has 6 aromatic carbocycles. The summed E-state index contributed by atoms with van der Waals surface area (Å²) in [6.07, 6.45) is 8.60. The quantitative estimate of drug-likeness (QED) is 0.0870. The zero-order chi connectivity index (χ0) is 40.1. The second-order valence-corrected chi connectivity index (χ2v) is 16.0. The van der Waals surface area contributed by atoms with Crippen LogP contribution in [0.2, 0.25) is 0 Å². The van der Waals surface area contributed by atoms with Gasteiger partial charge in [-0.2, -0.15) is 21.9 Å². The lowest BCUT2D eigenvalue weighted by molar-refractivity contribution is 0.0859. The van der Waals surface area contributed by atoms with E-state index in [4.69, 9.17) is 13.3 Å². The Morgan fingerprint density at radius 3 is 1.19 bits per heavy atom. The Bertz CT molecular complexity index is 2090. The molecular weight excluding hydrogens is 732 g/mol. The Morgan fingerprint density at radius 1 is 0.491 bits per heavy atom. The van der Waals surface area contributed by atoms with Gasteiger partial charge in [0.25, 0.3) is 0 Å². The van der Waals surface area contributed by atoms with Gasteiger partial charge in [-0.1, -0.05) is 97.1 Å². The van der Waals surface area contributed by atoms with Crippen LogP contribution < -0.4 is 27.0 Å². The molecule has 0 N–H and O–H groups in total. The maximum atomic E-state index is 14.1. The van der Waals surface area contributed by atoms with Gasteiger partial charge in [-0.25, -0.2) is 13.2 Å². The molecule has 0 radical (unpaired) electrons. The molecule has 7 rings (SSSR count). The van der Waals surface area contributed by atoms with Crippen molar-refractivity contribution in [1.82, 2.24) is 0 Å². The molecule has 0 unspecified atom stereocenters. The average molecular weight is 779 g/mol. The van der Waals surface area contributed by atoms with E-state index in [1.54, 1.807) is 36.4 Å². The van der Waals surface area contributed by atoms with Crippen LogP contribution in [0.15, 0.2) is 188 Å². The Balaban J connectivity index is 0.000000240. The number of hydrogen-bond donors (Lipinski definition) is 0. The lowest BCUT2D eigenvalue weighted by Crippen LogP contribution is -2.75. The molecule has 0 atom stereocenters. The van der Waals surface area contributed by atoms with Crippen molar-refractivity contribution in [2.24, 2.45) is 0 Å². The molecule has 3 nitrogen and oxygen atoms in total. The summed E-state index contributed by atoms with van der Waals surface area (Å²) in [6.45, 7) is 7.01. The first-order chi connectivity index (χ1) is 27.8. The van der Waals surface area contributed by atoms with Crippen LogP contribution in [0.4, 0.5) is 13.2 Å². The molecule has 1 aliphatic carbocycles. The van der Waals surface area contributed by atoms with Crippen LogP contribution in [0.3, 0.4) is 0 Å². The molecule has 57 heavy (non-hydrogen) atoms.